The monoisotopic (exact) mass is 588 g/mol. The molecule has 1 heterocycles. The van der Waals surface area contributed by atoms with Gasteiger partial charge in [0.25, 0.3) is 5.91 Å². The molecule has 1 aromatic heterocycles. The molecule has 1 atom stereocenters. The van der Waals surface area contributed by atoms with Crippen LogP contribution in [0, 0.1) is 12.8 Å². The number of carboxylic acids is 1. The van der Waals surface area contributed by atoms with Crippen molar-refractivity contribution in [2.24, 2.45) is 5.92 Å². The van der Waals surface area contributed by atoms with Gasteiger partial charge in [-0.15, -0.1) is 0 Å². The number of carbonyl (C=O) groups excluding carboxylic acids is 1. The van der Waals surface area contributed by atoms with E-state index in [9.17, 15) is 14.7 Å². The number of aliphatic carboxylic acids is 1. The lowest BCUT2D eigenvalue weighted by molar-refractivity contribution is -0.144. The lowest BCUT2D eigenvalue weighted by Crippen LogP contribution is -2.23. The molecule has 0 aliphatic heterocycles. The smallest absolute Gasteiger partial charge is 0.344 e. The van der Waals surface area contributed by atoms with E-state index in [1.807, 2.05) is 30.3 Å². The molecule has 0 saturated carbocycles. The summed E-state index contributed by atoms with van der Waals surface area (Å²) in [5.41, 5.74) is 7.28. The molecule has 0 aliphatic rings. The minimum Gasteiger partial charge on any atom is -0.479 e. The molecule has 0 saturated heterocycles. The average molecular weight is 589 g/mol. The summed E-state index contributed by atoms with van der Waals surface area (Å²) in [6, 6.07) is 19.8. The number of ether oxygens (including phenoxy) is 1. The molecule has 42 heavy (non-hydrogen) atoms. The zero-order valence-corrected chi connectivity index (χ0v) is 26.3. The fraction of sp³-hybridized carbons (Fsp3) is 0.371. The van der Waals surface area contributed by atoms with Crippen LogP contribution in [0.1, 0.15) is 79.8 Å². The Hall–Kier alpha value is -3.77. The first-order valence-electron chi connectivity index (χ1n) is 14.4. The Bertz CT molecular complexity index is 1600. The number of carboxylic acid groups (broad SMARTS) is 1. The highest BCUT2D eigenvalue weighted by molar-refractivity contribution is 6.32. The van der Waals surface area contributed by atoms with Gasteiger partial charge in [0, 0.05) is 35.2 Å². The highest BCUT2D eigenvalue weighted by Gasteiger charge is 2.20. The third kappa shape index (κ3) is 7.16. The second kappa shape index (κ2) is 12.6. The first kappa shape index (κ1) is 31.2. The van der Waals surface area contributed by atoms with Crippen LogP contribution in [-0.4, -0.2) is 27.7 Å². The fourth-order valence-corrected chi connectivity index (χ4v) is 5.28. The number of carbonyl (C=O) groups is 2. The van der Waals surface area contributed by atoms with E-state index in [-0.39, 0.29) is 11.3 Å². The molecule has 4 rings (SSSR count). The summed E-state index contributed by atoms with van der Waals surface area (Å²) < 4.78 is 7.89. The van der Waals surface area contributed by atoms with E-state index < -0.39 is 12.1 Å². The van der Waals surface area contributed by atoms with E-state index in [4.69, 9.17) is 16.3 Å². The second-order valence-electron chi connectivity index (χ2n) is 12.5. The zero-order chi connectivity index (χ0) is 30.8. The van der Waals surface area contributed by atoms with Gasteiger partial charge in [-0.05, 0) is 78.1 Å². The summed E-state index contributed by atoms with van der Waals surface area (Å²) in [6.45, 7) is 15.8. The molecule has 3 aromatic carbocycles. The summed E-state index contributed by atoms with van der Waals surface area (Å²) in [7, 11) is 0. The van der Waals surface area contributed by atoms with Crippen LogP contribution in [0.15, 0.2) is 60.7 Å². The van der Waals surface area contributed by atoms with Crippen LogP contribution in [0.5, 0.6) is 5.75 Å². The van der Waals surface area contributed by atoms with Gasteiger partial charge in [0.05, 0.1) is 5.02 Å². The molecule has 2 N–H and O–H groups in total. The van der Waals surface area contributed by atoms with Crippen molar-refractivity contribution in [1.82, 2.24) is 9.88 Å². The molecule has 0 bridgehead atoms. The number of nitrogens with one attached hydrogen (secondary N) is 1. The van der Waals surface area contributed by atoms with E-state index in [0.29, 0.717) is 35.2 Å². The standard InChI is InChI=1S/C35H41ClN2O4/c1-21(2)20-38-22(3)29(16-25-10-15-30(36)32(17-25)42-23(4)34(40)41)28-14-11-26(18-31(28)38)33(39)37-19-24-8-12-27(13-9-24)35(5,6)7/h8-15,17-18,21,23H,16,19-20H2,1-7H3,(H,37,39)(H,40,41)/t23-/m1/s1. The Kier molecular flexibility index (Phi) is 9.37. The van der Waals surface area contributed by atoms with Gasteiger partial charge in [0.2, 0.25) is 0 Å². The number of hydrogen-bond acceptors (Lipinski definition) is 3. The maximum atomic E-state index is 13.2. The maximum absolute atomic E-state index is 13.2. The molecule has 6 nitrogen and oxygen atoms in total. The van der Waals surface area contributed by atoms with Gasteiger partial charge < -0.3 is 19.7 Å². The van der Waals surface area contributed by atoms with Gasteiger partial charge in [-0.25, -0.2) is 4.79 Å². The molecule has 0 unspecified atom stereocenters. The van der Waals surface area contributed by atoms with Crippen molar-refractivity contribution in [3.05, 3.63) is 99.2 Å². The molecular formula is C35H41ClN2O4. The summed E-state index contributed by atoms with van der Waals surface area (Å²) in [5.74, 6) is -0.406. The van der Waals surface area contributed by atoms with Crippen molar-refractivity contribution in [1.29, 1.82) is 0 Å². The fourth-order valence-electron chi connectivity index (χ4n) is 5.11. The Morgan fingerprint density at radius 3 is 2.26 bits per heavy atom. The molecular weight excluding hydrogens is 548 g/mol. The van der Waals surface area contributed by atoms with Crippen LogP contribution in [0.25, 0.3) is 10.9 Å². The molecule has 0 radical (unpaired) electrons. The second-order valence-corrected chi connectivity index (χ2v) is 12.9. The number of aromatic nitrogens is 1. The first-order chi connectivity index (χ1) is 19.7. The minimum atomic E-state index is -1.05. The number of rotatable bonds is 10. The molecule has 4 aromatic rings. The normalized spacial score (nSPS) is 12.5. The van der Waals surface area contributed by atoms with Crippen LogP contribution in [-0.2, 0) is 29.7 Å². The quantitative estimate of drug-likeness (QED) is 0.197. The predicted molar refractivity (Wildman–Crippen MR) is 170 cm³/mol. The highest BCUT2D eigenvalue weighted by Crippen LogP contribution is 2.33. The van der Waals surface area contributed by atoms with E-state index in [2.05, 4.69) is 75.7 Å². The first-order valence-corrected chi connectivity index (χ1v) is 14.8. The molecule has 222 valence electrons. The highest BCUT2D eigenvalue weighted by atomic mass is 35.5. The molecule has 0 spiro atoms. The van der Waals surface area contributed by atoms with Crippen molar-refractivity contribution in [3.8, 4) is 5.75 Å². The predicted octanol–water partition coefficient (Wildman–Crippen LogP) is 7.93. The Morgan fingerprint density at radius 1 is 0.976 bits per heavy atom. The lowest BCUT2D eigenvalue weighted by atomic mass is 9.87. The van der Waals surface area contributed by atoms with Gasteiger partial charge in [-0.3, -0.25) is 4.79 Å². The Labute approximate surface area is 253 Å². The largest absolute Gasteiger partial charge is 0.479 e. The van der Waals surface area contributed by atoms with E-state index in [1.165, 1.54) is 12.5 Å². The number of fused-ring (bicyclic) bond motifs is 1. The molecule has 7 heteroatoms. The Morgan fingerprint density at radius 2 is 1.64 bits per heavy atom. The van der Waals surface area contributed by atoms with E-state index in [1.54, 1.807) is 6.07 Å². The van der Waals surface area contributed by atoms with Crippen LogP contribution >= 0.6 is 11.6 Å². The van der Waals surface area contributed by atoms with Crippen LogP contribution in [0.2, 0.25) is 5.02 Å². The number of hydrogen-bond donors (Lipinski definition) is 2. The summed E-state index contributed by atoms with van der Waals surface area (Å²) in [5, 5.41) is 13.8. The van der Waals surface area contributed by atoms with E-state index in [0.717, 1.165) is 39.8 Å². The number of benzene rings is 3. The lowest BCUT2D eigenvalue weighted by Gasteiger charge is -2.19. The van der Waals surface area contributed by atoms with Gasteiger partial charge in [-0.1, -0.05) is 82.6 Å². The van der Waals surface area contributed by atoms with Crippen molar-refractivity contribution in [3.63, 3.8) is 0 Å². The van der Waals surface area contributed by atoms with Crippen molar-refractivity contribution >= 4 is 34.4 Å². The third-order valence-electron chi connectivity index (χ3n) is 7.57. The summed E-state index contributed by atoms with van der Waals surface area (Å²) >= 11 is 6.31. The van der Waals surface area contributed by atoms with Crippen LogP contribution in [0.4, 0.5) is 0 Å². The number of nitrogens with zero attached hydrogens (tertiary/aromatic N) is 1. The average Bonchev–Trinajstić information content (AvgIpc) is 3.18. The molecule has 1 amide bonds. The molecule has 0 fully saturated rings. The van der Waals surface area contributed by atoms with Crippen LogP contribution in [0.3, 0.4) is 0 Å². The third-order valence-corrected chi connectivity index (χ3v) is 7.88. The van der Waals surface area contributed by atoms with Gasteiger partial charge in [0.15, 0.2) is 6.10 Å². The zero-order valence-electron chi connectivity index (χ0n) is 25.5. The number of halogens is 1. The van der Waals surface area contributed by atoms with Crippen molar-refractivity contribution in [2.45, 2.75) is 79.5 Å². The Balaban J connectivity index is 1.61. The van der Waals surface area contributed by atoms with Gasteiger partial charge in [-0.2, -0.15) is 0 Å². The van der Waals surface area contributed by atoms with Gasteiger partial charge >= 0.3 is 5.97 Å². The molecule has 0 aliphatic carbocycles. The summed E-state index contributed by atoms with van der Waals surface area (Å²) in [6.07, 6.45) is -0.404. The maximum Gasteiger partial charge on any atom is 0.344 e. The van der Waals surface area contributed by atoms with Crippen LogP contribution < -0.4 is 10.1 Å². The van der Waals surface area contributed by atoms with Crippen molar-refractivity contribution in [2.75, 3.05) is 0 Å². The van der Waals surface area contributed by atoms with Crippen molar-refractivity contribution < 1.29 is 19.4 Å². The van der Waals surface area contributed by atoms with Gasteiger partial charge in [0.1, 0.15) is 5.75 Å². The number of amides is 1. The summed E-state index contributed by atoms with van der Waals surface area (Å²) in [4.78, 5) is 24.5. The topological polar surface area (TPSA) is 80.6 Å². The SMILES string of the molecule is Cc1c(Cc2ccc(Cl)c(O[C@H](C)C(=O)O)c2)c2ccc(C(=O)NCc3ccc(C(C)(C)C)cc3)cc2n1CC(C)C. The van der Waals surface area contributed by atoms with E-state index >= 15 is 0 Å². The minimum absolute atomic E-state index is 0.0849.